The number of anilines is 1. The monoisotopic (exact) mass is 439 g/mol. The zero-order valence-electron chi connectivity index (χ0n) is 15.6. The molecule has 2 saturated heterocycles. The largest absolute Gasteiger partial charge is 0.367 e. The summed E-state index contributed by atoms with van der Waals surface area (Å²) in [5, 5.41) is 1.67. The van der Waals surface area contributed by atoms with Crippen LogP contribution in [0.5, 0.6) is 0 Å². The summed E-state index contributed by atoms with van der Waals surface area (Å²) in [7, 11) is 0. The molecule has 3 aliphatic rings. The molecule has 28 heavy (non-hydrogen) atoms. The number of benzene rings is 1. The van der Waals surface area contributed by atoms with Crippen LogP contribution in [0.1, 0.15) is 12.8 Å². The fourth-order valence-corrected chi connectivity index (χ4v) is 5.49. The molecule has 0 spiro atoms. The standard InChI is InChI=1S/C20H23Cl2N3O2S/c21-15-2-1-3-16(20(15)22)24-8-10-25(11-9-24)18(26)5-7-23-6-4-17-14(13-23)12-19(27)28-17/h1-3,12,17H,4-11,13H2. The third-order valence-corrected chi connectivity index (χ3v) is 7.62. The van der Waals surface area contributed by atoms with Gasteiger partial charge in [0, 0.05) is 50.9 Å². The van der Waals surface area contributed by atoms with E-state index in [1.807, 2.05) is 17.0 Å². The smallest absolute Gasteiger partial charge is 0.223 e. The van der Waals surface area contributed by atoms with E-state index in [0.29, 0.717) is 34.8 Å². The number of hydrogen-bond donors (Lipinski definition) is 0. The van der Waals surface area contributed by atoms with Gasteiger partial charge in [0.15, 0.2) is 0 Å². The number of carbonyl (C=O) groups excluding carboxylic acids is 2. The number of nitrogens with zero attached hydrogens (tertiary/aromatic N) is 3. The van der Waals surface area contributed by atoms with Crippen molar-refractivity contribution in [2.45, 2.75) is 18.1 Å². The van der Waals surface area contributed by atoms with E-state index < -0.39 is 0 Å². The Hall–Kier alpha value is -1.21. The van der Waals surface area contributed by atoms with E-state index in [2.05, 4.69) is 9.80 Å². The minimum atomic E-state index is 0.176. The molecule has 0 N–H and O–H groups in total. The molecule has 0 aromatic heterocycles. The fourth-order valence-electron chi connectivity index (χ4n) is 4.06. The molecule has 1 aromatic carbocycles. The van der Waals surface area contributed by atoms with Crippen LogP contribution >= 0.6 is 35.0 Å². The van der Waals surface area contributed by atoms with Gasteiger partial charge in [-0.25, -0.2) is 0 Å². The highest BCUT2D eigenvalue weighted by Crippen LogP contribution is 2.35. The van der Waals surface area contributed by atoms with Crippen LogP contribution < -0.4 is 4.90 Å². The lowest BCUT2D eigenvalue weighted by molar-refractivity contribution is -0.131. The van der Waals surface area contributed by atoms with Gasteiger partial charge in [-0.1, -0.05) is 41.0 Å². The number of thioether (sulfide) groups is 1. The number of fused-ring (bicyclic) bond motifs is 1. The van der Waals surface area contributed by atoms with Gasteiger partial charge in [-0.15, -0.1) is 0 Å². The van der Waals surface area contributed by atoms with Gasteiger partial charge < -0.3 is 9.80 Å². The topological polar surface area (TPSA) is 43.9 Å². The highest BCUT2D eigenvalue weighted by Gasteiger charge is 2.31. The maximum Gasteiger partial charge on any atom is 0.223 e. The number of piperazine rings is 1. The number of amides is 1. The van der Waals surface area contributed by atoms with Crippen molar-refractivity contribution in [1.29, 1.82) is 0 Å². The lowest BCUT2D eigenvalue weighted by Crippen LogP contribution is -2.49. The lowest BCUT2D eigenvalue weighted by atomic mass is 10.0. The van der Waals surface area contributed by atoms with Crippen molar-refractivity contribution < 1.29 is 9.59 Å². The van der Waals surface area contributed by atoms with Gasteiger partial charge in [0.25, 0.3) is 0 Å². The number of halogens is 2. The number of likely N-dealkylation sites (tertiary alicyclic amines) is 1. The van der Waals surface area contributed by atoms with Crippen LogP contribution in [-0.4, -0.2) is 71.9 Å². The van der Waals surface area contributed by atoms with Gasteiger partial charge >= 0.3 is 0 Å². The summed E-state index contributed by atoms with van der Waals surface area (Å²) in [5.74, 6) is 0.199. The normalized spacial score (nSPS) is 23.0. The molecule has 8 heteroatoms. The minimum absolute atomic E-state index is 0.176. The molecule has 0 aliphatic carbocycles. The zero-order chi connectivity index (χ0) is 19.7. The Labute approximate surface area is 179 Å². The Morgan fingerprint density at radius 2 is 1.93 bits per heavy atom. The summed E-state index contributed by atoms with van der Waals surface area (Å²) in [6, 6.07) is 5.65. The minimum Gasteiger partial charge on any atom is -0.367 e. The number of carbonyl (C=O) groups is 2. The summed E-state index contributed by atoms with van der Waals surface area (Å²) in [6.45, 7) is 5.42. The van der Waals surface area contributed by atoms with Gasteiger partial charge in [0.2, 0.25) is 11.0 Å². The molecule has 0 radical (unpaired) electrons. The van der Waals surface area contributed by atoms with Crippen LogP contribution in [0.15, 0.2) is 29.8 Å². The first-order chi connectivity index (χ1) is 13.5. The molecule has 2 fully saturated rings. The number of piperidine rings is 1. The number of rotatable bonds is 4. The molecule has 3 heterocycles. The van der Waals surface area contributed by atoms with Crippen LogP contribution in [0.2, 0.25) is 10.0 Å². The fraction of sp³-hybridized carbons (Fsp3) is 0.500. The zero-order valence-corrected chi connectivity index (χ0v) is 17.9. The van der Waals surface area contributed by atoms with Crippen molar-refractivity contribution in [3.05, 3.63) is 39.9 Å². The summed E-state index contributed by atoms with van der Waals surface area (Å²) in [6.07, 6.45) is 3.30. The van der Waals surface area contributed by atoms with Gasteiger partial charge in [-0.05, 0) is 36.7 Å². The lowest BCUT2D eigenvalue weighted by Gasteiger charge is -2.37. The van der Waals surface area contributed by atoms with E-state index in [4.69, 9.17) is 23.2 Å². The van der Waals surface area contributed by atoms with Crippen molar-refractivity contribution in [2.75, 3.05) is 50.7 Å². The van der Waals surface area contributed by atoms with Crippen LogP contribution in [0.3, 0.4) is 0 Å². The van der Waals surface area contributed by atoms with Gasteiger partial charge in [-0.2, -0.15) is 0 Å². The second-order valence-electron chi connectivity index (χ2n) is 7.40. The molecule has 1 unspecified atom stereocenters. The van der Waals surface area contributed by atoms with Crippen molar-refractivity contribution in [2.24, 2.45) is 0 Å². The van der Waals surface area contributed by atoms with Crippen LogP contribution in [0.4, 0.5) is 5.69 Å². The van der Waals surface area contributed by atoms with E-state index in [-0.39, 0.29) is 11.0 Å². The molecule has 5 nitrogen and oxygen atoms in total. The van der Waals surface area contributed by atoms with E-state index in [1.54, 1.807) is 12.1 Å². The Morgan fingerprint density at radius 1 is 1.14 bits per heavy atom. The van der Waals surface area contributed by atoms with Gasteiger partial charge in [0.05, 0.1) is 15.7 Å². The predicted octanol–water partition coefficient (Wildman–Crippen LogP) is 3.31. The van der Waals surface area contributed by atoms with E-state index in [9.17, 15) is 9.59 Å². The molecule has 0 saturated carbocycles. The van der Waals surface area contributed by atoms with Crippen LogP contribution in [0.25, 0.3) is 0 Å². The molecule has 1 amide bonds. The maximum absolute atomic E-state index is 12.6. The first kappa shape index (κ1) is 20.1. The summed E-state index contributed by atoms with van der Waals surface area (Å²) < 4.78 is 0. The molecular formula is C20H23Cl2N3O2S. The van der Waals surface area contributed by atoms with Crippen LogP contribution in [-0.2, 0) is 9.59 Å². The van der Waals surface area contributed by atoms with Crippen LogP contribution in [0, 0.1) is 0 Å². The van der Waals surface area contributed by atoms with Crippen molar-refractivity contribution in [3.8, 4) is 0 Å². The summed E-state index contributed by atoms with van der Waals surface area (Å²) in [4.78, 5) is 30.6. The van der Waals surface area contributed by atoms with E-state index >= 15 is 0 Å². The molecular weight excluding hydrogens is 417 g/mol. The Bertz CT molecular complexity index is 809. The first-order valence-electron chi connectivity index (χ1n) is 9.61. The summed E-state index contributed by atoms with van der Waals surface area (Å²) in [5.41, 5.74) is 2.15. The highest BCUT2D eigenvalue weighted by molar-refractivity contribution is 8.15. The first-order valence-corrected chi connectivity index (χ1v) is 11.2. The molecule has 1 atom stereocenters. The average Bonchev–Trinajstić information content (AvgIpc) is 3.07. The highest BCUT2D eigenvalue weighted by atomic mass is 35.5. The summed E-state index contributed by atoms with van der Waals surface area (Å²) >= 11 is 13.9. The second kappa shape index (κ2) is 8.66. The Morgan fingerprint density at radius 3 is 2.71 bits per heavy atom. The molecule has 1 aromatic rings. The Balaban J connectivity index is 1.25. The van der Waals surface area contributed by atoms with Crippen molar-refractivity contribution >= 4 is 51.7 Å². The third-order valence-electron chi connectivity index (χ3n) is 5.64. The third kappa shape index (κ3) is 4.35. The van der Waals surface area contributed by atoms with Gasteiger partial charge in [-0.3, -0.25) is 14.5 Å². The van der Waals surface area contributed by atoms with Crippen molar-refractivity contribution in [3.63, 3.8) is 0 Å². The average molecular weight is 440 g/mol. The Kier molecular flexibility index (Phi) is 6.21. The molecule has 3 aliphatic heterocycles. The molecule has 0 bridgehead atoms. The van der Waals surface area contributed by atoms with E-state index in [1.165, 1.54) is 17.3 Å². The number of hydrogen-bond acceptors (Lipinski definition) is 5. The van der Waals surface area contributed by atoms with Gasteiger partial charge in [0.1, 0.15) is 0 Å². The second-order valence-corrected chi connectivity index (χ2v) is 9.39. The quantitative estimate of drug-likeness (QED) is 0.719. The maximum atomic E-state index is 12.6. The van der Waals surface area contributed by atoms with Crippen molar-refractivity contribution in [1.82, 2.24) is 9.80 Å². The SMILES string of the molecule is O=C1C=C2CN(CCC(=O)N3CCN(c4cccc(Cl)c4Cl)CC3)CCC2S1. The molecule has 150 valence electrons. The molecule has 4 rings (SSSR count). The predicted molar refractivity (Wildman–Crippen MR) is 115 cm³/mol. The van der Waals surface area contributed by atoms with E-state index in [0.717, 1.165) is 44.8 Å².